The van der Waals surface area contributed by atoms with Gasteiger partial charge in [0.05, 0.1) is 17.9 Å². The second kappa shape index (κ2) is 8.37. The van der Waals surface area contributed by atoms with E-state index >= 15 is 0 Å². The third-order valence-electron chi connectivity index (χ3n) is 5.35. The van der Waals surface area contributed by atoms with Gasteiger partial charge in [0.1, 0.15) is 11.6 Å². The smallest absolute Gasteiger partial charge is 0.278 e. The summed E-state index contributed by atoms with van der Waals surface area (Å²) in [6.07, 6.45) is -0.313. The van der Waals surface area contributed by atoms with Gasteiger partial charge in [0.2, 0.25) is 0 Å². The Kier molecular flexibility index (Phi) is 5.61. The Balaban J connectivity index is 1.71. The van der Waals surface area contributed by atoms with Crippen LogP contribution in [0.3, 0.4) is 0 Å². The van der Waals surface area contributed by atoms with E-state index in [-0.39, 0.29) is 29.7 Å². The fourth-order valence-corrected chi connectivity index (χ4v) is 3.71. The number of ether oxygens (including phenoxy) is 1. The molecule has 0 bridgehead atoms. The number of carbonyl (C=O) groups is 3. The second-order valence-electron chi connectivity index (χ2n) is 7.70. The number of hydrogen-bond donors (Lipinski definition) is 0. The van der Waals surface area contributed by atoms with Gasteiger partial charge in [-0.05, 0) is 68.8 Å². The number of ketones is 1. The molecule has 1 amide bonds. The van der Waals surface area contributed by atoms with Crippen molar-refractivity contribution in [2.45, 2.75) is 33.3 Å². The molecule has 0 spiro atoms. The SMILES string of the molecule is CCC1Oc2ccc(C(=O)n3nc(C)cc3C)cc2N(CC(=O)c2ccc(F)cc2)C1=O. The number of aryl methyl sites for hydroxylation is 2. The zero-order chi connectivity index (χ0) is 23.0. The third kappa shape index (κ3) is 3.91. The minimum absolute atomic E-state index is 0.255. The molecule has 2 aromatic carbocycles. The highest BCUT2D eigenvalue weighted by Crippen LogP contribution is 2.36. The highest BCUT2D eigenvalue weighted by atomic mass is 19.1. The Hall–Kier alpha value is -3.81. The van der Waals surface area contributed by atoms with E-state index in [1.807, 2.05) is 6.92 Å². The van der Waals surface area contributed by atoms with E-state index in [0.29, 0.717) is 34.8 Å². The van der Waals surface area contributed by atoms with Crippen LogP contribution in [0.1, 0.15) is 45.4 Å². The number of rotatable bonds is 5. The first-order valence-electron chi connectivity index (χ1n) is 10.3. The number of nitrogens with zero attached hydrogens (tertiary/aromatic N) is 3. The first kappa shape index (κ1) is 21.4. The number of hydrogen-bond acceptors (Lipinski definition) is 5. The van der Waals surface area contributed by atoms with E-state index in [2.05, 4.69) is 5.10 Å². The topological polar surface area (TPSA) is 81.5 Å². The number of fused-ring (bicyclic) bond motifs is 1. The van der Waals surface area contributed by atoms with Gasteiger partial charge in [0, 0.05) is 16.8 Å². The van der Waals surface area contributed by atoms with Gasteiger partial charge in [-0.1, -0.05) is 6.92 Å². The molecule has 1 aliphatic heterocycles. The van der Waals surface area contributed by atoms with Crippen LogP contribution in [0.25, 0.3) is 0 Å². The molecular formula is C24H22FN3O4. The van der Waals surface area contributed by atoms with Crippen molar-refractivity contribution in [2.24, 2.45) is 0 Å². The number of halogens is 1. The summed E-state index contributed by atoms with van der Waals surface area (Å²) in [5.41, 5.74) is 2.33. The Morgan fingerprint density at radius 3 is 2.38 bits per heavy atom. The Morgan fingerprint density at radius 1 is 1.06 bits per heavy atom. The number of amides is 1. The molecule has 1 aliphatic rings. The molecule has 0 radical (unpaired) electrons. The molecule has 1 unspecified atom stereocenters. The monoisotopic (exact) mass is 435 g/mol. The molecule has 0 aliphatic carbocycles. The normalized spacial score (nSPS) is 15.3. The number of aromatic nitrogens is 2. The van der Waals surface area contributed by atoms with Crippen LogP contribution < -0.4 is 9.64 Å². The van der Waals surface area contributed by atoms with Crippen LogP contribution in [0.5, 0.6) is 5.75 Å². The lowest BCUT2D eigenvalue weighted by Crippen LogP contribution is -2.47. The second-order valence-corrected chi connectivity index (χ2v) is 7.70. The van der Waals surface area contributed by atoms with Crippen molar-refractivity contribution < 1.29 is 23.5 Å². The van der Waals surface area contributed by atoms with Gasteiger partial charge in [-0.15, -0.1) is 0 Å². The Morgan fingerprint density at radius 2 is 1.75 bits per heavy atom. The van der Waals surface area contributed by atoms with E-state index in [4.69, 9.17) is 4.74 Å². The molecular weight excluding hydrogens is 413 g/mol. The lowest BCUT2D eigenvalue weighted by molar-refractivity contribution is -0.126. The molecule has 0 fully saturated rings. The minimum Gasteiger partial charge on any atom is -0.478 e. The van der Waals surface area contributed by atoms with Crippen molar-refractivity contribution in [1.82, 2.24) is 9.78 Å². The fourth-order valence-electron chi connectivity index (χ4n) is 3.71. The zero-order valence-corrected chi connectivity index (χ0v) is 18.0. The average Bonchev–Trinajstić information content (AvgIpc) is 3.12. The van der Waals surface area contributed by atoms with Crippen LogP contribution in [0.4, 0.5) is 10.1 Å². The van der Waals surface area contributed by atoms with E-state index in [0.717, 1.165) is 0 Å². The molecule has 0 saturated heterocycles. The molecule has 0 saturated carbocycles. The molecule has 7 nitrogen and oxygen atoms in total. The van der Waals surface area contributed by atoms with Crippen molar-refractivity contribution in [3.05, 3.63) is 76.9 Å². The van der Waals surface area contributed by atoms with Crippen molar-refractivity contribution >= 4 is 23.3 Å². The van der Waals surface area contributed by atoms with Crippen molar-refractivity contribution in [3.63, 3.8) is 0 Å². The summed E-state index contributed by atoms with van der Waals surface area (Å²) in [4.78, 5) is 40.2. The summed E-state index contributed by atoms with van der Waals surface area (Å²) in [5.74, 6) is -1.11. The fraction of sp³-hybridized carbons (Fsp3) is 0.250. The van der Waals surface area contributed by atoms with Crippen LogP contribution in [-0.4, -0.2) is 40.0 Å². The minimum atomic E-state index is -0.735. The molecule has 164 valence electrons. The number of benzene rings is 2. The Bertz CT molecular complexity index is 1220. The molecule has 3 aromatic rings. The first-order chi connectivity index (χ1) is 15.3. The van der Waals surface area contributed by atoms with E-state index in [9.17, 15) is 18.8 Å². The van der Waals surface area contributed by atoms with Crippen molar-refractivity contribution in [1.29, 1.82) is 0 Å². The predicted molar refractivity (Wildman–Crippen MR) is 116 cm³/mol. The van der Waals surface area contributed by atoms with E-state index in [1.165, 1.54) is 39.9 Å². The molecule has 0 N–H and O–H groups in total. The largest absolute Gasteiger partial charge is 0.478 e. The first-order valence-corrected chi connectivity index (χ1v) is 10.3. The predicted octanol–water partition coefficient (Wildman–Crippen LogP) is 3.71. The summed E-state index contributed by atoms with van der Waals surface area (Å²) < 4.78 is 20.3. The maximum Gasteiger partial charge on any atom is 0.278 e. The molecule has 1 atom stereocenters. The number of carbonyl (C=O) groups excluding carboxylic acids is 3. The van der Waals surface area contributed by atoms with Crippen LogP contribution >= 0.6 is 0 Å². The van der Waals surface area contributed by atoms with Crippen LogP contribution in [0.2, 0.25) is 0 Å². The molecule has 32 heavy (non-hydrogen) atoms. The van der Waals surface area contributed by atoms with E-state index in [1.54, 1.807) is 32.0 Å². The van der Waals surface area contributed by atoms with Crippen molar-refractivity contribution in [3.8, 4) is 5.75 Å². The average molecular weight is 435 g/mol. The van der Waals surface area contributed by atoms with Gasteiger partial charge in [-0.2, -0.15) is 5.10 Å². The summed E-state index contributed by atoms with van der Waals surface area (Å²) in [6, 6.07) is 11.7. The molecule has 4 rings (SSSR count). The standard InChI is InChI=1S/C24H22FN3O4/c1-4-21-24(31)27(13-20(29)16-5-8-18(25)9-6-16)19-12-17(7-10-22(19)32-21)23(30)28-15(3)11-14(2)26-28/h5-12,21H,4,13H2,1-3H3. The van der Waals surface area contributed by atoms with Gasteiger partial charge >= 0.3 is 0 Å². The van der Waals surface area contributed by atoms with E-state index < -0.39 is 11.9 Å². The van der Waals surface area contributed by atoms with Gasteiger partial charge in [-0.25, -0.2) is 9.07 Å². The third-order valence-corrected chi connectivity index (χ3v) is 5.35. The molecule has 8 heteroatoms. The maximum absolute atomic E-state index is 13.2. The van der Waals surface area contributed by atoms with Crippen LogP contribution in [0.15, 0.2) is 48.5 Å². The summed E-state index contributed by atoms with van der Waals surface area (Å²) in [7, 11) is 0. The quantitative estimate of drug-likeness (QED) is 0.571. The van der Waals surface area contributed by atoms with Gasteiger partial charge < -0.3 is 4.74 Å². The number of Topliss-reactive ketones (excluding diaryl/α,β-unsaturated/α-hetero) is 1. The van der Waals surface area contributed by atoms with Gasteiger partial charge in [0.25, 0.3) is 11.8 Å². The summed E-state index contributed by atoms with van der Waals surface area (Å²) in [6.45, 7) is 5.13. The Labute approximate surface area is 184 Å². The van der Waals surface area contributed by atoms with Gasteiger partial charge in [-0.3, -0.25) is 19.3 Å². The van der Waals surface area contributed by atoms with Crippen molar-refractivity contribution in [2.75, 3.05) is 11.4 Å². The summed E-state index contributed by atoms with van der Waals surface area (Å²) >= 11 is 0. The van der Waals surface area contributed by atoms with Crippen LogP contribution in [0, 0.1) is 19.7 Å². The molecule has 1 aromatic heterocycles. The number of anilines is 1. The van der Waals surface area contributed by atoms with Gasteiger partial charge in [0.15, 0.2) is 11.9 Å². The van der Waals surface area contributed by atoms with Crippen LogP contribution in [-0.2, 0) is 4.79 Å². The molecule has 2 heterocycles. The highest BCUT2D eigenvalue weighted by Gasteiger charge is 2.35. The zero-order valence-electron chi connectivity index (χ0n) is 18.0. The highest BCUT2D eigenvalue weighted by molar-refractivity contribution is 6.09. The lowest BCUT2D eigenvalue weighted by Gasteiger charge is -2.34. The summed E-state index contributed by atoms with van der Waals surface area (Å²) in [5, 5.41) is 4.22. The lowest BCUT2D eigenvalue weighted by atomic mass is 10.1. The maximum atomic E-state index is 13.2.